The Morgan fingerprint density at radius 3 is 2.29 bits per heavy atom. The smallest absolute Gasteiger partial charge is 0.295 e. The van der Waals surface area contributed by atoms with Gasteiger partial charge in [0, 0.05) is 18.7 Å². The summed E-state index contributed by atoms with van der Waals surface area (Å²) in [5, 5.41) is 11.2. The van der Waals surface area contributed by atoms with Gasteiger partial charge in [0.25, 0.3) is 11.7 Å². The number of hydrogen-bond donors (Lipinski definition) is 1. The van der Waals surface area contributed by atoms with Crippen LogP contribution in [0.1, 0.15) is 43.9 Å². The molecule has 2 aliphatic heterocycles. The molecule has 2 fully saturated rings. The molecule has 2 aromatic carbocycles. The molecule has 1 unspecified atom stereocenters. The number of benzene rings is 2. The summed E-state index contributed by atoms with van der Waals surface area (Å²) < 4.78 is 11.5. The second kappa shape index (κ2) is 10.7. The highest BCUT2D eigenvalue weighted by Gasteiger charge is 2.46. The van der Waals surface area contributed by atoms with Gasteiger partial charge >= 0.3 is 0 Å². The van der Waals surface area contributed by atoms with Crippen molar-refractivity contribution in [3.05, 3.63) is 65.2 Å². The average Bonchev–Trinajstić information content (AvgIpc) is 3.46. The standard InChI is InChI=1S/C27H32N2O5/c1-3-33-21-13-12-20(18-22(21)34-4-2)24-23(25(30)19-10-6-5-7-11-19)26(31)27(32)29(24)17-16-28-14-8-9-15-28/h5-7,10-13,18,24,30H,3-4,8-9,14-17H2,1-2H3/b25-23+. The molecule has 0 spiro atoms. The van der Waals surface area contributed by atoms with Crippen molar-refractivity contribution in [2.75, 3.05) is 39.4 Å². The monoisotopic (exact) mass is 464 g/mol. The minimum absolute atomic E-state index is 0.101. The van der Waals surface area contributed by atoms with Gasteiger partial charge < -0.3 is 24.4 Å². The number of likely N-dealkylation sites (tertiary alicyclic amines) is 2. The topological polar surface area (TPSA) is 79.3 Å². The van der Waals surface area contributed by atoms with E-state index >= 15 is 0 Å². The maximum Gasteiger partial charge on any atom is 0.295 e. The lowest BCUT2D eigenvalue weighted by atomic mass is 9.95. The summed E-state index contributed by atoms with van der Waals surface area (Å²) in [5.41, 5.74) is 1.30. The fourth-order valence-electron chi connectivity index (χ4n) is 4.70. The molecule has 1 atom stereocenters. The summed E-state index contributed by atoms with van der Waals surface area (Å²) >= 11 is 0. The predicted molar refractivity (Wildman–Crippen MR) is 130 cm³/mol. The Labute approximate surface area is 200 Å². The number of rotatable bonds is 9. The number of ether oxygens (including phenoxy) is 2. The van der Waals surface area contributed by atoms with Crippen molar-refractivity contribution in [3.8, 4) is 11.5 Å². The van der Waals surface area contributed by atoms with Crippen molar-refractivity contribution >= 4 is 17.4 Å². The number of carbonyl (C=O) groups is 2. The van der Waals surface area contributed by atoms with Crippen molar-refractivity contribution in [1.82, 2.24) is 9.80 Å². The lowest BCUT2D eigenvalue weighted by Crippen LogP contribution is -2.37. The SMILES string of the molecule is CCOc1ccc(C2/C(=C(\O)c3ccccc3)C(=O)C(=O)N2CCN2CCCC2)cc1OCC. The van der Waals surface area contributed by atoms with E-state index in [1.807, 2.05) is 32.0 Å². The van der Waals surface area contributed by atoms with Gasteiger partial charge in [-0.2, -0.15) is 0 Å². The Bertz CT molecular complexity index is 1060. The highest BCUT2D eigenvalue weighted by atomic mass is 16.5. The fraction of sp³-hybridized carbons (Fsp3) is 0.407. The molecule has 2 aliphatic rings. The number of aliphatic hydroxyl groups excluding tert-OH is 1. The maximum atomic E-state index is 13.2. The summed E-state index contributed by atoms with van der Waals surface area (Å²) in [6.07, 6.45) is 2.29. The summed E-state index contributed by atoms with van der Waals surface area (Å²) in [4.78, 5) is 30.3. The van der Waals surface area contributed by atoms with Crippen LogP contribution in [-0.4, -0.2) is 66.0 Å². The van der Waals surface area contributed by atoms with E-state index in [2.05, 4.69) is 4.90 Å². The van der Waals surface area contributed by atoms with Crippen LogP contribution in [-0.2, 0) is 9.59 Å². The number of hydrogen-bond acceptors (Lipinski definition) is 6. The first kappa shape index (κ1) is 23.8. The molecule has 34 heavy (non-hydrogen) atoms. The number of Topliss-reactive ketones (excluding diaryl/α,β-unsaturated/α-hetero) is 1. The first-order chi connectivity index (χ1) is 16.5. The first-order valence-corrected chi connectivity index (χ1v) is 12.0. The number of nitrogens with zero attached hydrogens (tertiary/aromatic N) is 2. The minimum Gasteiger partial charge on any atom is -0.507 e. The van der Waals surface area contributed by atoms with Crippen molar-refractivity contribution < 1.29 is 24.2 Å². The fourth-order valence-corrected chi connectivity index (χ4v) is 4.70. The predicted octanol–water partition coefficient (Wildman–Crippen LogP) is 4.00. The average molecular weight is 465 g/mol. The Morgan fingerprint density at radius 2 is 1.62 bits per heavy atom. The quantitative estimate of drug-likeness (QED) is 0.343. The van der Waals surface area contributed by atoms with Crippen molar-refractivity contribution in [2.45, 2.75) is 32.7 Å². The van der Waals surface area contributed by atoms with Crippen LogP contribution in [0.3, 0.4) is 0 Å². The summed E-state index contributed by atoms with van der Waals surface area (Å²) in [6, 6.07) is 13.6. The highest BCUT2D eigenvalue weighted by molar-refractivity contribution is 6.46. The number of aliphatic hydroxyl groups is 1. The summed E-state index contributed by atoms with van der Waals surface area (Å²) in [5.74, 6) is -0.274. The van der Waals surface area contributed by atoms with Crippen LogP contribution in [0.15, 0.2) is 54.1 Å². The normalized spacial score (nSPS) is 20.2. The first-order valence-electron chi connectivity index (χ1n) is 12.0. The molecule has 180 valence electrons. The molecule has 4 rings (SSSR count). The molecule has 1 N–H and O–H groups in total. The third-order valence-corrected chi connectivity index (χ3v) is 6.33. The summed E-state index contributed by atoms with van der Waals surface area (Å²) in [6.45, 7) is 7.80. The molecule has 2 saturated heterocycles. The molecule has 1 amide bonds. The number of ketones is 1. The van der Waals surface area contributed by atoms with Crippen LogP contribution in [0.25, 0.3) is 5.76 Å². The van der Waals surface area contributed by atoms with E-state index < -0.39 is 17.7 Å². The molecule has 0 aromatic heterocycles. The van der Waals surface area contributed by atoms with Crippen LogP contribution >= 0.6 is 0 Å². The zero-order chi connectivity index (χ0) is 24.1. The molecule has 0 saturated carbocycles. The van der Waals surface area contributed by atoms with Crippen molar-refractivity contribution in [2.24, 2.45) is 0 Å². The van der Waals surface area contributed by atoms with Crippen LogP contribution in [0.5, 0.6) is 11.5 Å². The van der Waals surface area contributed by atoms with E-state index in [9.17, 15) is 14.7 Å². The van der Waals surface area contributed by atoms with Crippen LogP contribution in [0.2, 0.25) is 0 Å². The summed E-state index contributed by atoms with van der Waals surface area (Å²) in [7, 11) is 0. The zero-order valence-electron chi connectivity index (χ0n) is 19.8. The van der Waals surface area contributed by atoms with Gasteiger partial charge in [0.2, 0.25) is 0 Å². The van der Waals surface area contributed by atoms with E-state index in [1.165, 1.54) is 0 Å². The molecule has 2 aromatic rings. The Morgan fingerprint density at radius 1 is 0.941 bits per heavy atom. The zero-order valence-corrected chi connectivity index (χ0v) is 19.8. The number of carbonyl (C=O) groups excluding carboxylic acids is 2. The van der Waals surface area contributed by atoms with Gasteiger partial charge in [0.1, 0.15) is 5.76 Å². The van der Waals surface area contributed by atoms with E-state index in [4.69, 9.17) is 9.47 Å². The second-order valence-electron chi connectivity index (χ2n) is 8.48. The van der Waals surface area contributed by atoms with Gasteiger partial charge in [-0.05, 0) is 57.5 Å². The highest BCUT2D eigenvalue weighted by Crippen LogP contribution is 2.42. The van der Waals surface area contributed by atoms with E-state index in [1.54, 1.807) is 35.2 Å². The van der Waals surface area contributed by atoms with E-state index in [-0.39, 0.29) is 11.3 Å². The van der Waals surface area contributed by atoms with Crippen LogP contribution in [0.4, 0.5) is 0 Å². The lowest BCUT2D eigenvalue weighted by molar-refractivity contribution is -0.140. The molecule has 7 nitrogen and oxygen atoms in total. The third-order valence-electron chi connectivity index (χ3n) is 6.33. The molecule has 7 heteroatoms. The molecule has 2 heterocycles. The van der Waals surface area contributed by atoms with Gasteiger partial charge in [-0.1, -0.05) is 36.4 Å². The molecular formula is C27H32N2O5. The Hall–Kier alpha value is -3.32. The van der Waals surface area contributed by atoms with E-state index in [0.717, 1.165) is 25.9 Å². The lowest BCUT2D eigenvalue weighted by Gasteiger charge is -2.28. The van der Waals surface area contributed by atoms with Gasteiger partial charge in [-0.3, -0.25) is 9.59 Å². The van der Waals surface area contributed by atoms with Gasteiger partial charge in [0.05, 0.1) is 24.8 Å². The molecule has 0 bridgehead atoms. The van der Waals surface area contributed by atoms with Crippen molar-refractivity contribution in [3.63, 3.8) is 0 Å². The maximum absolute atomic E-state index is 13.2. The molecule has 0 aliphatic carbocycles. The van der Waals surface area contributed by atoms with Crippen LogP contribution < -0.4 is 9.47 Å². The van der Waals surface area contributed by atoms with Gasteiger partial charge in [-0.15, -0.1) is 0 Å². The largest absolute Gasteiger partial charge is 0.507 e. The third kappa shape index (κ3) is 4.80. The minimum atomic E-state index is -0.710. The molecular weight excluding hydrogens is 432 g/mol. The van der Waals surface area contributed by atoms with Crippen molar-refractivity contribution in [1.29, 1.82) is 0 Å². The van der Waals surface area contributed by atoms with E-state index in [0.29, 0.717) is 48.9 Å². The van der Waals surface area contributed by atoms with Gasteiger partial charge in [-0.25, -0.2) is 0 Å². The molecule has 0 radical (unpaired) electrons. The Kier molecular flexibility index (Phi) is 7.53. The van der Waals surface area contributed by atoms with Gasteiger partial charge in [0.15, 0.2) is 11.5 Å². The number of amides is 1. The van der Waals surface area contributed by atoms with Crippen LogP contribution in [0, 0.1) is 0 Å². The second-order valence-corrected chi connectivity index (χ2v) is 8.48. The Balaban J connectivity index is 1.79.